The first-order valence-corrected chi connectivity index (χ1v) is 10.5. The molecule has 0 heterocycles. The molecule has 7 nitrogen and oxygen atoms in total. The van der Waals surface area contributed by atoms with Gasteiger partial charge in [-0.15, -0.1) is 0 Å². The van der Waals surface area contributed by atoms with E-state index < -0.39 is 22.0 Å². The molecule has 0 aliphatic rings. The van der Waals surface area contributed by atoms with Crippen LogP contribution >= 0.6 is 0 Å². The van der Waals surface area contributed by atoms with Gasteiger partial charge in [-0.05, 0) is 36.2 Å². The van der Waals surface area contributed by atoms with Crippen molar-refractivity contribution in [3.8, 4) is 0 Å². The van der Waals surface area contributed by atoms with Gasteiger partial charge < -0.3 is 15.7 Å². The Hall–Kier alpha value is -3.10. The lowest BCUT2D eigenvalue weighted by atomic mass is 10.1. The van der Waals surface area contributed by atoms with Gasteiger partial charge in [0.2, 0.25) is 0 Å². The normalized spacial score (nSPS) is 12.5. The van der Waals surface area contributed by atoms with E-state index in [1.807, 2.05) is 37.2 Å². The number of benzene rings is 3. The Bertz CT molecular complexity index is 1160. The van der Waals surface area contributed by atoms with Crippen LogP contribution in [-0.4, -0.2) is 39.6 Å². The van der Waals surface area contributed by atoms with Crippen molar-refractivity contribution in [3.63, 3.8) is 0 Å². The van der Waals surface area contributed by atoms with E-state index in [1.165, 1.54) is 0 Å². The van der Waals surface area contributed by atoms with E-state index in [9.17, 15) is 13.2 Å². The van der Waals surface area contributed by atoms with Crippen LogP contribution in [-0.2, 0) is 21.2 Å². The fraction of sp³-hybridized carbons (Fsp3) is 0.190. The summed E-state index contributed by atoms with van der Waals surface area (Å²) in [6.45, 7) is 0. The fourth-order valence-electron chi connectivity index (χ4n) is 3.20. The predicted octanol–water partition coefficient (Wildman–Crippen LogP) is 2.66. The van der Waals surface area contributed by atoms with Crippen molar-refractivity contribution in [2.75, 3.05) is 23.7 Å². The van der Waals surface area contributed by atoms with E-state index in [0.717, 1.165) is 11.1 Å². The van der Waals surface area contributed by atoms with E-state index in [-0.39, 0.29) is 11.3 Å². The first-order chi connectivity index (χ1) is 13.7. The topological polar surface area (TPSA) is 113 Å². The highest BCUT2D eigenvalue weighted by Crippen LogP contribution is 2.31. The molecule has 3 aromatic carbocycles. The molecule has 0 saturated carbocycles. The van der Waals surface area contributed by atoms with Crippen molar-refractivity contribution < 1.29 is 18.3 Å². The highest BCUT2D eigenvalue weighted by atomic mass is 32.2. The second-order valence-corrected chi connectivity index (χ2v) is 8.63. The van der Waals surface area contributed by atoms with E-state index >= 15 is 0 Å². The number of carboxylic acid groups (broad SMARTS) is 1. The third-order valence-electron chi connectivity index (χ3n) is 4.58. The number of anilines is 2. The summed E-state index contributed by atoms with van der Waals surface area (Å²) in [5.41, 5.74) is 7.48. The molecule has 29 heavy (non-hydrogen) atoms. The Morgan fingerprint density at radius 3 is 2.41 bits per heavy atom. The SMILES string of the molecule is CN(C)c1cccc2c(S(=O)(=O)Nc3cccc(C[C@H](N)C(=O)O)c3)cccc12. The summed E-state index contributed by atoms with van der Waals surface area (Å²) in [6.07, 6.45) is 0.103. The van der Waals surface area contributed by atoms with Gasteiger partial charge in [0, 0.05) is 36.2 Å². The zero-order valence-electron chi connectivity index (χ0n) is 16.2. The van der Waals surface area contributed by atoms with Crippen LogP contribution in [0.5, 0.6) is 0 Å². The number of carboxylic acids is 1. The summed E-state index contributed by atoms with van der Waals surface area (Å²) in [5, 5.41) is 10.4. The average Bonchev–Trinajstić information content (AvgIpc) is 2.66. The van der Waals surface area contributed by atoms with E-state index in [1.54, 1.807) is 42.5 Å². The summed E-state index contributed by atoms with van der Waals surface area (Å²) >= 11 is 0. The molecule has 152 valence electrons. The third-order valence-corrected chi connectivity index (χ3v) is 6.02. The van der Waals surface area contributed by atoms with Crippen LogP contribution in [0, 0.1) is 0 Å². The largest absolute Gasteiger partial charge is 0.480 e. The molecule has 0 unspecified atom stereocenters. The first kappa shape index (κ1) is 20.6. The molecule has 4 N–H and O–H groups in total. The van der Waals surface area contributed by atoms with Crippen LogP contribution < -0.4 is 15.4 Å². The van der Waals surface area contributed by atoms with E-state index in [0.29, 0.717) is 16.6 Å². The second-order valence-electron chi connectivity index (χ2n) is 6.98. The summed E-state index contributed by atoms with van der Waals surface area (Å²) in [4.78, 5) is 13.1. The summed E-state index contributed by atoms with van der Waals surface area (Å²) < 4.78 is 28.8. The number of nitrogens with one attached hydrogen (secondary N) is 1. The summed E-state index contributed by atoms with van der Waals surface area (Å²) in [5.74, 6) is -1.11. The Balaban J connectivity index is 1.97. The van der Waals surface area contributed by atoms with Gasteiger partial charge >= 0.3 is 5.97 Å². The standard InChI is InChI=1S/C21H23N3O4S/c1-24(2)19-10-4-9-17-16(19)8-5-11-20(17)29(27,28)23-15-7-3-6-14(12-15)13-18(22)21(25)26/h3-12,18,23H,13,22H2,1-2H3,(H,25,26)/t18-/m0/s1. The van der Waals surface area contributed by atoms with Crippen molar-refractivity contribution in [3.05, 3.63) is 66.2 Å². The van der Waals surface area contributed by atoms with Crippen LogP contribution in [0.2, 0.25) is 0 Å². The maximum atomic E-state index is 13.1. The molecule has 0 radical (unpaired) electrons. The van der Waals surface area contributed by atoms with E-state index in [4.69, 9.17) is 10.8 Å². The van der Waals surface area contributed by atoms with E-state index in [2.05, 4.69) is 4.72 Å². The van der Waals surface area contributed by atoms with Crippen molar-refractivity contribution in [1.29, 1.82) is 0 Å². The molecule has 8 heteroatoms. The lowest BCUT2D eigenvalue weighted by molar-refractivity contribution is -0.138. The highest BCUT2D eigenvalue weighted by Gasteiger charge is 2.19. The Kier molecular flexibility index (Phi) is 5.76. The van der Waals surface area contributed by atoms with Crippen LogP contribution in [0.3, 0.4) is 0 Å². The summed E-state index contributed by atoms with van der Waals surface area (Å²) in [7, 11) is -0.0515. The molecule has 0 saturated heterocycles. The van der Waals surface area contributed by atoms with Crippen LogP contribution in [0.1, 0.15) is 5.56 Å². The average molecular weight is 413 g/mol. The van der Waals surface area contributed by atoms with Gasteiger partial charge in [-0.2, -0.15) is 0 Å². The van der Waals surface area contributed by atoms with Gasteiger partial charge in [0.05, 0.1) is 4.90 Å². The first-order valence-electron chi connectivity index (χ1n) is 8.98. The third kappa shape index (κ3) is 4.49. The fourth-order valence-corrected chi connectivity index (χ4v) is 4.47. The molecule has 3 rings (SSSR count). The molecular weight excluding hydrogens is 390 g/mol. The number of aliphatic carboxylic acids is 1. The number of rotatable bonds is 7. The molecule has 0 aliphatic heterocycles. The molecule has 1 atom stereocenters. The molecular formula is C21H23N3O4S. The molecule has 0 spiro atoms. The number of hydrogen-bond acceptors (Lipinski definition) is 5. The monoisotopic (exact) mass is 413 g/mol. The minimum Gasteiger partial charge on any atom is -0.480 e. The van der Waals surface area contributed by atoms with Crippen LogP contribution in [0.25, 0.3) is 10.8 Å². The number of carbonyl (C=O) groups is 1. The molecule has 0 aliphatic carbocycles. The van der Waals surface area contributed by atoms with Gasteiger partial charge in [0.15, 0.2) is 0 Å². The van der Waals surface area contributed by atoms with Gasteiger partial charge in [-0.1, -0.05) is 36.4 Å². The maximum absolute atomic E-state index is 13.1. The number of nitrogens with two attached hydrogens (primary N) is 1. The number of fused-ring (bicyclic) bond motifs is 1. The van der Waals surface area contributed by atoms with Gasteiger partial charge in [-0.25, -0.2) is 8.42 Å². The maximum Gasteiger partial charge on any atom is 0.320 e. The Labute approximate surface area is 169 Å². The second kappa shape index (κ2) is 8.10. The zero-order chi connectivity index (χ0) is 21.2. The van der Waals surface area contributed by atoms with Crippen molar-refractivity contribution in [2.24, 2.45) is 5.73 Å². The van der Waals surface area contributed by atoms with Crippen molar-refractivity contribution in [1.82, 2.24) is 0 Å². The van der Waals surface area contributed by atoms with Crippen molar-refractivity contribution in [2.45, 2.75) is 17.4 Å². The lowest BCUT2D eigenvalue weighted by Gasteiger charge is -2.17. The van der Waals surface area contributed by atoms with Crippen LogP contribution in [0.4, 0.5) is 11.4 Å². The number of sulfonamides is 1. The molecule has 0 fully saturated rings. The highest BCUT2D eigenvalue weighted by molar-refractivity contribution is 7.93. The van der Waals surface area contributed by atoms with Crippen LogP contribution in [0.15, 0.2) is 65.6 Å². The Morgan fingerprint density at radius 1 is 1.07 bits per heavy atom. The van der Waals surface area contributed by atoms with Crippen molar-refractivity contribution >= 4 is 38.1 Å². The molecule has 3 aromatic rings. The van der Waals surface area contributed by atoms with Gasteiger partial charge in [0.25, 0.3) is 10.0 Å². The molecule has 0 amide bonds. The number of hydrogen-bond donors (Lipinski definition) is 3. The quantitative estimate of drug-likeness (QED) is 0.549. The van der Waals surface area contributed by atoms with Gasteiger partial charge in [-0.3, -0.25) is 9.52 Å². The zero-order valence-corrected chi connectivity index (χ0v) is 17.0. The Morgan fingerprint density at radius 2 is 1.72 bits per heavy atom. The predicted molar refractivity (Wildman–Crippen MR) is 115 cm³/mol. The minimum absolute atomic E-state index is 0.103. The minimum atomic E-state index is -3.86. The summed E-state index contributed by atoms with van der Waals surface area (Å²) in [6, 6.07) is 16.2. The number of nitrogens with zero attached hydrogens (tertiary/aromatic N) is 1. The molecule has 0 aromatic heterocycles. The smallest absolute Gasteiger partial charge is 0.320 e. The molecule has 0 bridgehead atoms. The van der Waals surface area contributed by atoms with Gasteiger partial charge in [0.1, 0.15) is 6.04 Å². The lowest BCUT2D eigenvalue weighted by Crippen LogP contribution is -2.32.